The van der Waals surface area contributed by atoms with Gasteiger partial charge in [-0.05, 0) is 79.5 Å². The molecule has 1 N–H and O–H groups in total. The van der Waals surface area contributed by atoms with Crippen LogP contribution in [0.2, 0.25) is 10.0 Å². The number of benzene rings is 2. The van der Waals surface area contributed by atoms with E-state index in [0.717, 1.165) is 5.56 Å². The molecule has 0 heterocycles. The zero-order valence-corrected chi connectivity index (χ0v) is 20.4. The van der Waals surface area contributed by atoms with Gasteiger partial charge in [0.15, 0.2) is 6.61 Å². The third kappa shape index (κ3) is 7.49. The third-order valence-corrected chi connectivity index (χ3v) is 5.24. The molecule has 0 aromatic heterocycles. The average Bonchev–Trinajstić information content (AvgIpc) is 2.63. The first-order valence-corrected chi connectivity index (χ1v) is 10.9. The molecule has 30 heavy (non-hydrogen) atoms. The van der Waals surface area contributed by atoms with Crippen molar-refractivity contribution in [2.45, 2.75) is 45.8 Å². The minimum absolute atomic E-state index is 0.225. The lowest BCUT2D eigenvalue weighted by Gasteiger charge is -2.31. The molecule has 0 spiro atoms. The third-order valence-electron chi connectivity index (χ3n) is 4.15. The summed E-state index contributed by atoms with van der Waals surface area (Å²) in [6.45, 7) is 7.37. The largest absolute Gasteiger partial charge is 0.483 e. The molecule has 2 amide bonds. The van der Waals surface area contributed by atoms with Crippen molar-refractivity contribution in [3.63, 3.8) is 0 Å². The Bertz CT molecular complexity index is 915. The number of carbonyl (C=O) groups is 2. The topological polar surface area (TPSA) is 58.6 Å². The van der Waals surface area contributed by atoms with Crippen molar-refractivity contribution in [1.82, 2.24) is 10.2 Å². The molecule has 5 nitrogen and oxygen atoms in total. The van der Waals surface area contributed by atoms with Crippen molar-refractivity contribution in [2.75, 3.05) is 6.61 Å². The van der Waals surface area contributed by atoms with Crippen LogP contribution in [0.5, 0.6) is 5.75 Å². The molecule has 0 radical (unpaired) electrons. The second kappa shape index (κ2) is 10.5. The Balaban J connectivity index is 2.20. The number of nitrogens with one attached hydrogen (secondary N) is 1. The maximum atomic E-state index is 13.0. The minimum atomic E-state index is -0.701. The summed E-state index contributed by atoms with van der Waals surface area (Å²) in [5, 5.41) is 4.03. The fourth-order valence-corrected chi connectivity index (χ4v) is 3.71. The molecule has 0 aliphatic carbocycles. The molecule has 0 fully saturated rings. The van der Waals surface area contributed by atoms with Gasteiger partial charge in [-0.25, -0.2) is 0 Å². The Labute approximate surface area is 195 Å². The zero-order chi connectivity index (χ0) is 22.5. The molecule has 0 aliphatic heterocycles. The number of ether oxygens (including phenoxy) is 1. The summed E-state index contributed by atoms with van der Waals surface area (Å²) in [5.74, 6) is -0.0822. The number of nitrogens with zero attached hydrogens (tertiary/aromatic N) is 1. The molecular formula is C22H25BrCl2N2O3. The maximum Gasteiger partial charge on any atom is 0.261 e. The molecule has 0 saturated carbocycles. The Hall–Kier alpha value is -1.76. The number of amides is 2. The fourth-order valence-electron chi connectivity index (χ4n) is 2.70. The average molecular weight is 516 g/mol. The van der Waals surface area contributed by atoms with E-state index in [1.165, 1.54) is 4.90 Å². The zero-order valence-electron chi connectivity index (χ0n) is 17.3. The van der Waals surface area contributed by atoms with Crippen LogP contribution in [0.25, 0.3) is 0 Å². The van der Waals surface area contributed by atoms with Gasteiger partial charge in [-0.2, -0.15) is 0 Å². The highest BCUT2D eigenvalue weighted by molar-refractivity contribution is 9.10. The van der Waals surface area contributed by atoms with Crippen molar-refractivity contribution >= 4 is 50.9 Å². The van der Waals surface area contributed by atoms with Gasteiger partial charge in [0.05, 0.1) is 4.47 Å². The van der Waals surface area contributed by atoms with E-state index < -0.39 is 11.6 Å². The van der Waals surface area contributed by atoms with E-state index in [-0.39, 0.29) is 25.0 Å². The summed E-state index contributed by atoms with van der Waals surface area (Å²) in [4.78, 5) is 27.3. The molecule has 0 bridgehead atoms. The molecule has 8 heteroatoms. The lowest BCUT2D eigenvalue weighted by atomic mass is 10.1. The minimum Gasteiger partial charge on any atom is -0.483 e. The van der Waals surface area contributed by atoms with E-state index in [9.17, 15) is 9.59 Å². The molecule has 1 atom stereocenters. The molecule has 162 valence electrons. The summed E-state index contributed by atoms with van der Waals surface area (Å²) in [7, 11) is 0. The first-order valence-electron chi connectivity index (χ1n) is 9.40. The van der Waals surface area contributed by atoms with Gasteiger partial charge >= 0.3 is 0 Å². The first-order chi connectivity index (χ1) is 14.0. The second-order valence-electron chi connectivity index (χ2n) is 7.93. The van der Waals surface area contributed by atoms with Crippen molar-refractivity contribution in [3.05, 3.63) is 62.5 Å². The van der Waals surface area contributed by atoms with Gasteiger partial charge in [0.25, 0.3) is 5.91 Å². The number of hydrogen-bond acceptors (Lipinski definition) is 3. The van der Waals surface area contributed by atoms with Gasteiger partial charge in [-0.3, -0.25) is 9.59 Å². The van der Waals surface area contributed by atoms with E-state index in [4.69, 9.17) is 27.9 Å². The highest BCUT2D eigenvalue weighted by atomic mass is 79.9. The number of hydrogen-bond donors (Lipinski definition) is 1. The van der Waals surface area contributed by atoms with Gasteiger partial charge < -0.3 is 15.0 Å². The first kappa shape index (κ1) is 24.5. The van der Waals surface area contributed by atoms with Crippen molar-refractivity contribution < 1.29 is 14.3 Å². The van der Waals surface area contributed by atoms with Crippen LogP contribution >= 0.6 is 39.1 Å². The summed E-state index contributed by atoms with van der Waals surface area (Å²) < 4.78 is 6.31. The molecule has 0 aliphatic rings. The summed E-state index contributed by atoms with van der Waals surface area (Å²) in [6.07, 6.45) is 0. The summed E-state index contributed by atoms with van der Waals surface area (Å²) in [6, 6.07) is 11.5. The van der Waals surface area contributed by atoms with Gasteiger partial charge in [0.2, 0.25) is 5.91 Å². The number of rotatable bonds is 7. The molecule has 2 aromatic carbocycles. The van der Waals surface area contributed by atoms with E-state index in [1.54, 1.807) is 37.3 Å². The van der Waals surface area contributed by atoms with Crippen LogP contribution in [0, 0.1) is 0 Å². The van der Waals surface area contributed by atoms with E-state index >= 15 is 0 Å². The van der Waals surface area contributed by atoms with Crippen LogP contribution in [-0.2, 0) is 16.1 Å². The van der Waals surface area contributed by atoms with Crippen LogP contribution < -0.4 is 10.1 Å². The standard InChI is InChI=1S/C22H25BrCl2N2O3/c1-14(21(29)26-22(2,3)4)27(12-15-6-5-7-16(24)10-15)20(28)13-30-19-9-8-17(25)11-18(19)23/h5-11,14H,12-13H2,1-4H3,(H,26,29)/t14-/m1/s1. The van der Waals surface area contributed by atoms with Crippen LogP contribution in [0.3, 0.4) is 0 Å². The Morgan fingerprint density at radius 3 is 2.40 bits per heavy atom. The second-order valence-corrected chi connectivity index (χ2v) is 9.66. The van der Waals surface area contributed by atoms with Crippen LogP contribution in [0.15, 0.2) is 46.9 Å². The summed E-state index contributed by atoms with van der Waals surface area (Å²) >= 11 is 15.4. The van der Waals surface area contributed by atoms with Gasteiger partial charge in [0, 0.05) is 22.1 Å². The van der Waals surface area contributed by atoms with Gasteiger partial charge in [-0.1, -0.05) is 35.3 Å². The van der Waals surface area contributed by atoms with Crippen LogP contribution in [0.4, 0.5) is 0 Å². The molecule has 2 rings (SSSR count). The quantitative estimate of drug-likeness (QED) is 0.532. The smallest absolute Gasteiger partial charge is 0.261 e. The molecular weight excluding hydrogens is 491 g/mol. The highest BCUT2D eigenvalue weighted by Crippen LogP contribution is 2.28. The van der Waals surface area contributed by atoms with Crippen molar-refractivity contribution in [3.8, 4) is 5.75 Å². The van der Waals surface area contributed by atoms with Crippen molar-refractivity contribution in [1.29, 1.82) is 0 Å². The highest BCUT2D eigenvalue weighted by Gasteiger charge is 2.28. The lowest BCUT2D eigenvalue weighted by molar-refractivity contribution is -0.142. The number of halogens is 3. The monoisotopic (exact) mass is 514 g/mol. The van der Waals surface area contributed by atoms with E-state index in [2.05, 4.69) is 21.2 Å². The predicted molar refractivity (Wildman–Crippen MR) is 124 cm³/mol. The van der Waals surface area contributed by atoms with Crippen LogP contribution in [-0.4, -0.2) is 34.9 Å². The SMILES string of the molecule is C[C@H](C(=O)NC(C)(C)C)N(Cc1cccc(Cl)c1)C(=O)COc1ccc(Cl)cc1Br. The Morgan fingerprint density at radius 1 is 1.13 bits per heavy atom. The van der Waals surface area contributed by atoms with Crippen LogP contribution in [0.1, 0.15) is 33.3 Å². The van der Waals surface area contributed by atoms with E-state index in [1.807, 2.05) is 32.9 Å². The molecule has 2 aromatic rings. The Morgan fingerprint density at radius 2 is 1.80 bits per heavy atom. The summed E-state index contributed by atoms with van der Waals surface area (Å²) in [5.41, 5.74) is 0.403. The lowest BCUT2D eigenvalue weighted by Crippen LogP contribution is -2.53. The Kier molecular flexibility index (Phi) is 8.59. The van der Waals surface area contributed by atoms with Crippen molar-refractivity contribution in [2.24, 2.45) is 0 Å². The molecule has 0 unspecified atom stereocenters. The molecule has 0 saturated heterocycles. The fraction of sp³-hybridized carbons (Fsp3) is 0.364. The predicted octanol–water partition coefficient (Wildman–Crippen LogP) is 5.47. The van der Waals surface area contributed by atoms with Gasteiger partial charge in [-0.15, -0.1) is 0 Å². The van der Waals surface area contributed by atoms with E-state index in [0.29, 0.717) is 20.3 Å². The van der Waals surface area contributed by atoms with Gasteiger partial charge in [0.1, 0.15) is 11.8 Å². The maximum absolute atomic E-state index is 13.0. The number of carbonyl (C=O) groups excluding carboxylic acids is 2. The normalized spacial score (nSPS) is 12.2.